The summed E-state index contributed by atoms with van der Waals surface area (Å²) in [6.45, 7) is 2.90. The van der Waals surface area contributed by atoms with E-state index in [1.54, 1.807) is 13.2 Å². The molecule has 0 saturated carbocycles. The molecule has 8 nitrogen and oxygen atoms in total. The molecular formula is C26H28FN5O3. The van der Waals surface area contributed by atoms with Crippen LogP contribution in [0.2, 0.25) is 0 Å². The number of rotatable bonds is 7. The van der Waals surface area contributed by atoms with Crippen LogP contribution in [0.5, 0.6) is 5.75 Å². The van der Waals surface area contributed by atoms with E-state index in [1.165, 1.54) is 31.1 Å². The summed E-state index contributed by atoms with van der Waals surface area (Å²) in [5.41, 5.74) is 4.08. The summed E-state index contributed by atoms with van der Waals surface area (Å²) in [7, 11) is 3.80. The average Bonchev–Trinajstić information content (AvgIpc) is 3.65. The van der Waals surface area contributed by atoms with Gasteiger partial charge < -0.3 is 23.8 Å². The Balaban J connectivity index is 1.22. The fourth-order valence-corrected chi connectivity index (χ4v) is 5.42. The topological polar surface area (TPSA) is 79.7 Å². The normalized spacial score (nSPS) is 20.1. The number of H-pyrrole nitrogens is 1. The van der Waals surface area contributed by atoms with Gasteiger partial charge in [0, 0.05) is 61.1 Å². The van der Waals surface area contributed by atoms with Crippen LogP contribution in [0.1, 0.15) is 12.8 Å². The highest BCUT2D eigenvalue weighted by Crippen LogP contribution is 2.36. The van der Waals surface area contributed by atoms with E-state index in [9.17, 15) is 4.39 Å². The third kappa shape index (κ3) is 3.94. The molecule has 2 fully saturated rings. The number of aromatic nitrogens is 3. The molecule has 35 heavy (non-hydrogen) atoms. The summed E-state index contributed by atoms with van der Waals surface area (Å²) in [6.07, 6.45) is 2.43. The number of likely N-dealkylation sites (tertiary alicyclic amines) is 1. The number of fused-ring (bicyclic) bond motifs is 2. The van der Waals surface area contributed by atoms with Crippen molar-refractivity contribution >= 4 is 16.6 Å². The van der Waals surface area contributed by atoms with E-state index in [2.05, 4.69) is 56.5 Å². The Morgan fingerprint density at radius 3 is 2.74 bits per heavy atom. The Kier molecular flexibility index (Phi) is 5.66. The molecule has 2 aromatic carbocycles. The number of aromatic amines is 1. The molecule has 0 radical (unpaired) electrons. The van der Waals surface area contributed by atoms with Crippen LogP contribution < -0.4 is 9.64 Å². The maximum atomic E-state index is 14.6. The minimum Gasteiger partial charge on any atom is -0.488 e. The first-order chi connectivity index (χ1) is 17.1. The number of nitrogens with one attached hydrogen (secondary N) is 1. The van der Waals surface area contributed by atoms with Crippen molar-refractivity contribution in [1.82, 2.24) is 20.3 Å². The highest BCUT2D eigenvalue weighted by molar-refractivity contribution is 5.93. The monoisotopic (exact) mass is 477 g/mol. The molecule has 4 aromatic rings. The van der Waals surface area contributed by atoms with E-state index in [1.807, 2.05) is 6.07 Å². The molecule has 2 aliphatic rings. The van der Waals surface area contributed by atoms with Crippen LogP contribution in [0.3, 0.4) is 0 Å². The summed E-state index contributed by atoms with van der Waals surface area (Å²) in [5, 5.41) is 12.1. The van der Waals surface area contributed by atoms with Gasteiger partial charge in [0.2, 0.25) is 0 Å². The molecule has 0 spiro atoms. The second kappa shape index (κ2) is 8.98. The molecule has 2 aromatic heterocycles. The third-order valence-electron chi connectivity index (χ3n) is 7.25. The number of hydrogen-bond donors (Lipinski definition) is 1. The zero-order valence-electron chi connectivity index (χ0n) is 19.8. The molecule has 0 bridgehead atoms. The lowest BCUT2D eigenvalue weighted by atomic mass is 10.1. The number of anilines is 1. The lowest BCUT2D eigenvalue weighted by Crippen LogP contribution is -2.34. The number of methoxy groups -OCH3 is 1. The van der Waals surface area contributed by atoms with Crippen LogP contribution in [0, 0.1) is 5.82 Å². The van der Waals surface area contributed by atoms with Crippen LogP contribution in [0.25, 0.3) is 33.6 Å². The van der Waals surface area contributed by atoms with Gasteiger partial charge in [-0.25, -0.2) is 4.39 Å². The number of likely N-dealkylation sites (N-methyl/N-ethyl adjacent to an activating group) is 1. The van der Waals surface area contributed by atoms with E-state index >= 15 is 0 Å². The first-order valence-corrected chi connectivity index (χ1v) is 12.0. The predicted molar refractivity (Wildman–Crippen MR) is 131 cm³/mol. The molecule has 0 amide bonds. The van der Waals surface area contributed by atoms with Crippen LogP contribution in [0.15, 0.2) is 47.0 Å². The highest BCUT2D eigenvalue weighted by atomic mass is 19.1. The largest absolute Gasteiger partial charge is 0.488 e. The number of benzene rings is 2. The Labute approximate surface area is 202 Å². The van der Waals surface area contributed by atoms with Gasteiger partial charge in [0.1, 0.15) is 18.0 Å². The summed E-state index contributed by atoms with van der Waals surface area (Å²) in [6, 6.07) is 14.6. The predicted octanol–water partition coefficient (Wildman–Crippen LogP) is 4.33. The van der Waals surface area contributed by atoms with Crippen LogP contribution >= 0.6 is 0 Å². The summed E-state index contributed by atoms with van der Waals surface area (Å²) in [5.74, 6) is 0.153. The highest BCUT2D eigenvalue weighted by Gasteiger charge is 2.40. The molecule has 2 atom stereocenters. The number of ether oxygens (including phenoxy) is 2. The van der Waals surface area contributed by atoms with Gasteiger partial charge in [0.25, 0.3) is 0 Å². The summed E-state index contributed by atoms with van der Waals surface area (Å²) < 4.78 is 30.6. The zero-order valence-corrected chi connectivity index (χ0v) is 19.8. The van der Waals surface area contributed by atoms with Gasteiger partial charge in [-0.05, 0) is 38.1 Å². The van der Waals surface area contributed by atoms with Gasteiger partial charge >= 0.3 is 0 Å². The molecule has 6 rings (SSSR count). The Morgan fingerprint density at radius 2 is 1.91 bits per heavy atom. The van der Waals surface area contributed by atoms with Crippen molar-refractivity contribution in [1.29, 1.82) is 0 Å². The van der Waals surface area contributed by atoms with Crippen molar-refractivity contribution in [2.45, 2.75) is 24.9 Å². The van der Waals surface area contributed by atoms with Gasteiger partial charge in [-0.15, -0.1) is 0 Å². The zero-order chi connectivity index (χ0) is 23.9. The standard InChI is InChI=1S/C26H28FN5O3/c1-31-9-7-23-22(31)8-10-32(23)17-5-3-16(4-6-17)20-14-25(35-30-20)26-18-13-19(27)24(34-12-11-33-2)15-21(18)28-29-26/h3-6,13-15,22-23H,7-12H2,1-2H3,(H,28,29)/t22-,23+/m0/s1. The van der Waals surface area contributed by atoms with E-state index in [0.717, 1.165) is 12.1 Å². The molecule has 2 saturated heterocycles. The molecule has 2 aliphatic heterocycles. The summed E-state index contributed by atoms with van der Waals surface area (Å²) in [4.78, 5) is 5.01. The Morgan fingerprint density at radius 1 is 1.09 bits per heavy atom. The first kappa shape index (κ1) is 22.1. The van der Waals surface area contributed by atoms with Gasteiger partial charge in [-0.3, -0.25) is 5.10 Å². The molecular weight excluding hydrogens is 449 g/mol. The van der Waals surface area contributed by atoms with Crippen molar-refractivity contribution in [2.75, 3.05) is 45.4 Å². The van der Waals surface area contributed by atoms with Crippen LogP contribution in [-0.2, 0) is 4.74 Å². The van der Waals surface area contributed by atoms with Crippen molar-refractivity contribution in [3.05, 3.63) is 48.3 Å². The second-order valence-corrected chi connectivity index (χ2v) is 9.25. The van der Waals surface area contributed by atoms with Crippen molar-refractivity contribution in [2.24, 2.45) is 0 Å². The smallest absolute Gasteiger partial charge is 0.188 e. The fraction of sp³-hybridized carbons (Fsp3) is 0.385. The SMILES string of the molecule is COCCOc1cc2[nH]nc(-c3cc(-c4ccc(N5CC[C@H]6[C@H]5CCN6C)cc4)no3)c2cc1F. The van der Waals surface area contributed by atoms with Crippen molar-refractivity contribution in [3.8, 4) is 28.5 Å². The van der Waals surface area contributed by atoms with Gasteiger partial charge in [-0.1, -0.05) is 17.3 Å². The molecule has 1 N–H and O–H groups in total. The molecule has 4 heterocycles. The minimum atomic E-state index is -0.468. The second-order valence-electron chi connectivity index (χ2n) is 9.25. The quantitative estimate of drug-likeness (QED) is 0.397. The Hall–Kier alpha value is -3.43. The summed E-state index contributed by atoms with van der Waals surface area (Å²) >= 11 is 0. The Bertz CT molecular complexity index is 1330. The van der Waals surface area contributed by atoms with E-state index in [4.69, 9.17) is 14.0 Å². The van der Waals surface area contributed by atoms with Crippen LogP contribution in [-0.4, -0.2) is 72.8 Å². The maximum Gasteiger partial charge on any atom is 0.188 e. The maximum absolute atomic E-state index is 14.6. The van der Waals surface area contributed by atoms with Crippen LogP contribution in [0.4, 0.5) is 10.1 Å². The number of nitrogens with zero attached hydrogens (tertiary/aromatic N) is 4. The van der Waals surface area contributed by atoms with Gasteiger partial charge in [0.05, 0.1) is 12.1 Å². The number of halogens is 1. The lowest BCUT2D eigenvalue weighted by molar-refractivity contribution is 0.144. The van der Waals surface area contributed by atoms with Crippen molar-refractivity contribution < 1.29 is 18.4 Å². The minimum absolute atomic E-state index is 0.150. The molecule has 0 aliphatic carbocycles. The molecule has 0 unspecified atom stereocenters. The fourth-order valence-electron chi connectivity index (χ4n) is 5.42. The van der Waals surface area contributed by atoms with E-state index < -0.39 is 5.82 Å². The molecule has 182 valence electrons. The van der Waals surface area contributed by atoms with E-state index in [-0.39, 0.29) is 12.4 Å². The lowest BCUT2D eigenvalue weighted by Gasteiger charge is -2.26. The number of hydrogen-bond acceptors (Lipinski definition) is 7. The molecule has 9 heteroatoms. The van der Waals surface area contributed by atoms with Gasteiger partial charge in [0.15, 0.2) is 17.3 Å². The van der Waals surface area contributed by atoms with Gasteiger partial charge in [-0.2, -0.15) is 5.10 Å². The average molecular weight is 478 g/mol. The first-order valence-electron chi connectivity index (χ1n) is 12.0. The van der Waals surface area contributed by atoms with E-state index in [0.29, 0.717) is 46.7 Å². The third-order valence-corrected chi connectivity index (χ3v) is 7.25. The van der Waals surface area contributed by atoms with Crippen molar-refractivity contribution in [3.63, 3.8) is 0 Å².